The molecule has 112 valence electrons. The highest BCUT2D eigenvalue weighted by atomic mass is 32.2. The molecule has 1 N–H and O–H groups in total. The van der Waals surface area contributed by atoms with Crippen LogP contribution in [0.4, 0.5) is 0 Å². The second-order valence-corrected chi connectivity index (χ2v) is 7.30. The third kappa shape index (κ3) is 3.96. The van der Waals surface area contributed by atoms with Crippen LogP contribution in [-0.4, -0.2) is 25.7 Å². The predicted molar refractivity (Wildman–Crippen MR) is 82.2 cm³/mol. The standard InChI is InChI=1S/C14H16N2O3S2/c1-10-14(20-9-15-10)7-8-16-21(18,19)13-5-3-12(4-6-13)11(2)17/h3-6,9,16H,7-8H2,1-2H3. The fourth-order valence-corrected chi connectivity index (χ4v) is 3.63. The third-order valence-corrected chi connectivity index (χ3v) is 5.53. The van der Waals surface area contributed by atoms with Gasteiger partial charge < -0.3 is 0 Å². The zero-order valence-corrected chi connectivity index (χ0v) is 13.4. The molecule has 0 unspecified atom stereocenters. The molecule has 0 aliphatic heterocycles. The average molecular weight is 324 g/mol. The first-order valence-corrected chi connectivity index (χ1v) is 8.76. The van der Waals surface area contributed by atoms with Gasteiger partial charge in [0.1, 0.15) is 0 Å². The summed E-state index contributed by atoms with van der Waals surface area (Å²) in [5, 5.41) is 0. The van der Waals surface area contributed by atoms with E-state index in [2.05, 4.69) is 9.71 Å². The van der Waals surface area contributed by atoms with Crippen LogP contribution >= 0.6 is 11.3 Å². The molecular weight excluding hydrogens is 308 g/mol. The molecule has 7 heteroatoms. The number of hydrogen-bond donors (Lipinski definition) is 1. The van der Waals surface area contributed by atoms with Gasteiger partial charge in [0.2, 0.25) is 10.0 Å². The Morgan fingerprint density at radius 1 is 1.29 bits per heavy atom. The fourth-order valence-electron chi connectivity index (χ4n) is 1.82. The summed E-state index contributed by atoms with van der Waals surface area (Å²) >= 11 is 1.52. The van der Waals surface area contributed by atoms with Crippen molar-refractivity contribution in [1.29, 1.82) is 0 Å². The van der Waals surface area contributed by atoms with Gasteiger partial charge in [-0.1, -0.05) is 12.1 Å². The number of benzene rings is 1. The van der Waals surface area contributed by atoms with Gasteiger partial charge in [0.25, 0.3) is 0 Å². The lowest BCUT2D eigenvalue weighted by Gasteiger charge is -2.07. The minimum atomic E-state index is -3.55. The van der Waals surface area contributed by atoms with Gasteiger partial charge in [0, 0.05) is 17.0 Å². The number of rotatable bonds is 6. The summed E-state index contributed by atoms with van der Waals surface area (Å²) in [7, 11) is -3.55. The van der Waals surface area contributed by atoms with E-state index in [-0.39, 0.29) is 10.7 Å². The number of hydrogen-bond acceptors (Lipinski definition) is 5. The van der Waals surface area contributed by atoms with E-state index in [1.54, 1.807) is 5.51 Å². The number of carbonyl (C=O) groups is 1. The molecule has 1 heterocycles. The molecule has 2 aromatic rings. The molecule has 0 aliphatic rings. The van der Waals surface area contributed by atoms with Gasteiger partial charge in [-0.25, -0.2) is 18.1 Å². The molecule has 21 heavy (non-hydrogen) atoms. The Labute approximate surface area is 128 Å². The van der Waals surface area contributed by atoms with Gasteiger partial charge in [0.15, 0.2) is 5.78 Å². The first kappa shape index (κ1) is 15.8. The SMILES string of the molecule is CC(=O)c1ccc(S(=O)(=O)NCCc2scnc2C)cc1. The zero-order valence-electron chi connectivity index (χ0n) is 11.8. The lowest BCUT2D eigenvalue weighted by atomic mass is 10.2. The largest absolute Gasteiger partial charge is 0.295 e. The maximum absolute atomic E-state index is 12.1. The van der Waals surface area contributed by atoms with Gasteiger partial charge in [-0.2, -0.15) is 0 Å². The smallest absolute Gasteiger partial charge is 0.240 e. The lowest BCUT2D eigenvalue weighted by molar-refractivity contribution is 0.101. The first-order chi connectivity index (χ1) is 9.90. The summed E-state index contributed by atoms with van der Waals surface area (Å²) in [6, 6.07) is 5.92. The fraction of sp³-hybridized carbons (Fsp3) is 0.286. The summed E-state index contributed by atoms with van der Waals surface area (Å²) < 4.78 is 26.8. The molecule has 1 aromatic heterocycles. The maximum Gasteiger partial charge on any atom is 0.240 e. The zero-order chi connectivity index (χ0) is 15.5. The Bertz CT molecular complexity index is 734. The van der Waals surface area contributed by atoms with Crippen LogP contribution in [0.3, 0.4) is 0 Å². The average Bonchev–Trinajstić information content (AvgIpc) is 2.84. The second kappa shape index (κ2) is 6.46. The van der Waals surface area contributed by atoms with Gasteiger partial charge in [0.05, 0.1) is 16.1 Å². The van der Waals surface area contributed by atoms with E-state index in [4.69, 9.17) is 0 Å². The number of nitrogens with one attached hydrogen (secondary N) is 1. The monoisotopic (exact) mass is 324 g/mol. The van der Waals surface area contributed by atoms with Crippen molar-refractivity contribution in [1.82, 2.24) is 9.71 Å². The summed E-state index contributed by atoms with van der Waals surface area (Å²) in [6.45, 7) is 3.67. The number of aryl methyl sites for hydroxylation is 1. The molecule has 0 fully saturated rings. The Kier molecular flexibility index (Phi) is 4.87. The van der Waals surface area contributed by atoms with Crippen molar-refractivity contribution in [2.24, 2.45) is 0 Å². The van der Waals surface area contributed by atoms with Crippen LogP contribution < -0.4 is 4.72 Å². The number of aromatic nitrogens is 1. The maximum atomic E-state index is 12.1. The Hall–Kier alpha value is -1.57. The van der Waals surface area contributed by atoms with Crippen molar-refractivity contribution in [3.8, 4) is 0 Å². The van der Waals surface area contributed by atoms with Gasteiger partial charge >= 0.3 is 0 Å². The van der Waals surface area contributed by atoms with E-state index in [1.807, 2.05) is 6.92 Å². The Balaban J connectivity index is 2.01. The minimum Gasteiger partial charge on any atom is -0.295 e. The molecule has 0 amide bonds. The minimum absolute atomic E-state index is 0.0902. The van der Waals surface area contributed by atoms with E-state index in [1.165, 1.54) is 42.5 Å². The second-order valence-electron chi connectivity index (χ2n) is 4.59. The molecule has 1 aromatic carbocycles. The molecule has 0 saturated carbocycles. The molecule has 5 nitrogen and oxygen atoms in total. The lowest BCUT2D eigenvalue weighted by Crippen LogP contribution is -2.26. The van der Waals surface area contributed by atoms with Crippen molar-refractivity contribution in [3.05, 3.63) is 45.9 Å². The normalized spacial score (nSPS) is 11.5. The number of Topliss-reactive ketones (excluding diaryl/α,β-unsaturated/α-hetero) is 1. The molecule has 0 radical (unpaired) electrons. The molecule has 0 aliphatic carbocycles. The molecule has 0 spiro atoms. The van der Waals surface area contributed by atoms with E-state index in [0.29, 0.717) is 18.5 Å². The summed E-state index contributed by atoms with van der Waals surface area (Å²) in [6.07, 6.45) is 0.612. The highest BCUT2D eigenvalue weighted by Gasteiger charge is 2.14. The van der Waals surface area contributed by atoms with Gasteiger partial charge in [-0.15, -0.1) is 11.3 Å². The number of carbonyl (C=O) groups excluding carboxylic acids is 1. The van der Waals surface area contributed by atoms with Crippen LogP contribution in [0.25, 0.3) is 0 Å². The van der Waals surface area contributed by atoms with E-state index in [0.717, 1.165) is 10.6 Å². The highest BCUT2D eigenvalue weighted by molar-refractivity contribution is 7.89. The van der Waals surface area contributed by atoms with Crippen molar-refractivity contribution >= 4 is 27.1 Å². The Morgan fingerprint density at radius 3 is 2.48 bits per heavy atom. The summed E-state index contributed by atoms with van der Waals surface area (Å²) in [5.74, 6) is -0.0902. The topological polar surface area (TPSA) is 76.1 Å². The van der Waals surface area contributed by atoms with Crippen LogP contribution in [0.1, 0.15) is 27.9 Å². The first-order valence-electron chi connectivity index (χ1n) is 6.40. The quantitative estimate of drug-likeness (QED) is 0.826. The van der Waals surface area contributed by atoms with Gasteiger partial charge in [-0.3, -0.25) is 4.79 Å². The van der Waals surface area contributed by atoms with E-state index < -0.39 is 10.0 Å². The van der Waals surface area contributed by atoms with E-state index >= 15 is 0 Å². The van der Waals surface area contributed by atoms with Crippen LogP contribution in [0.15, 0.2) is 34.7 Å². The van der Waals surface area contributed by atoms with Crippen LogP contribution in [-0.2, 0) is 16.4 Å². The number of sulfonamides is 1. The molecule has 0 bridgehead atoms. The molecule has 2 rings (SSSR count). The molecule has 0 atom stereocenters. The predicted octanol–water partition coefficient (Wildman–Crippen LogP) is 2.18. The van der Waals surface area contributed by atoms with Crippen molar-refractivity contribution in [2.75, 3.05) is 6.54 Å². The van der Waals surface area contributed by atoms with Crippen molar-refractivity contribution in [2.45, 2.75) is 25.2 Å². The highest BCUT2D eigenvalue weighted by Crippen LogP contribution is 2.14. The van der Waals surface area contributed by atoms with Crippen molar-refractivity contribution in [3.63, 3.8) is 0 Å². The molecular formula is C14H16N2O3S2. The molecule has 0 saturated heterocycles. The van der Waals surface area contributed by atoms with Crippen LogP contribution in [0.2, 0.25) is 0 Å². The summed E-state index contributed by atoms with van der Waals surface area (Å²) in [5.41, 5.74) is 3.18. The summed E-state index contributed by atoms with van der Waals surface area (Å²) in [4.78, 5) is 16.5. The van der Waals surface area contributed by atoms with Crippen LogP contribution in [0, 0.1) is 6.92 Å². The van der Waals surface area contributed by atoms with Crippen LogP contribution in [0.5, 0.6) is 0 Å². The number of thiazole rings is 1. The van der Waals surface area contributed by atoms with Crippen molar-refractivity contribution < 1.29 is 13.2 Å². The number of ketones is 1. The Morgan fingerprint density at radius 2 is 1.95 bits per heavy atom. The van der Waals surface area contributed by atoms with Gasteiger partial charge in [-0.05, 0) is 32.4 Å². The number of nitrogens with zero attached hydrogens (tertiary/aromatic N) is 1. The third-order valence-electron chi connectivity index (χ3n) is 3.06. The van der Waals surface area contributed by atoms with E-state index in [9.17, 15) is 13.2 Å².